The van der Waals surface area contributed by atoms with E-state index in [2.05, 4.69) is 43.3 Å². The average molecular weight is 299 g/mol. The molecule has 0 aliphatic carbocycles. The number of hydrogen-bond acceptors (Lipinski definition) is 6. The Balaban J connectivity index is 1.56. The lowest BCUT2D eigenvalue weighted by Gasteiger charge is -1.98. The molecular weight excluding hydrogens is 290 g/mol. The third-order valence-corrected chi connectivity index (χ3v) is 5.12. The predicted molar refractivity (Wildman–Crippen MR) is 80.9 cm³/mol. The van der Waals surface area contributed by atoms with Crippen LogP contribution < -0.4 is 0 Å². The predicted octanol–water partition coefficient (Wildman–Crippen LogP) is 3.25. The first-order valence-corrected chi connectivity index (χ1v) is 7.80. The molecular formula is C13H9N5S2. The fraction of sp³-hybridized carbons (Fsp3) is 0.0769. The van der Waals surface area contributed by atoms with Crippen LogP contribution in [-0.4, -0.2) is 25.1 Å². The Morgan fingerprint density at radius 2 is 2.25 bits per heavy atom. The summed E-state index contributed by atoms with van der Waals surface area (Å²) in [6.45, 7) is 0. The number of fused-ring (bicyclic) bond motifs is 2. The highest BCUT2D eigenvalue weighted by atomic mass is 32.2. The van der Waals surface area contributed by atoms with Crippen LogP contribution in [0.15, 0.2) is 41.3 Å². The van der Waals surface area contributed by atoms with Crippen molar-refractivity contribution in [2.24, 2.45) is 0 Å². The first-order valence-electron chi connectivity index (χ1n) is 6.00. The van der Waals surface area contributed by atoms with Crippen molar-refractivity contribution < 1.29 is 0 Å². The number of nitrogens with zero attached hydrogens (tertiary/aromatic N) is 4. The van der Waals surface area contributed by atoms with Gasteiger partial charge in [-0.15, -0.1) is 0 Å². The van der Waals surface area contributed by atoms with E-state index in [1.165, 1.54) is 5.56 Å². The summed E-state index contributed by atoms with van der Waals surface area (Å²) in [5.74, 6) is 0.877. The molecule has 3 aromatic heterocycles. The summed E-state index contributed by atoms with van der Waals surface area (Å²) in [4.78, 5) is 13.6. The summed E-state index contributed by atoms with van der Waals surface area (Å²) in [6, 6.07) is 6.33. The molecule has 0 atom stereocenters. The van der Waals surface area contributed by atoms with E-state index in [1.807, 2.05) is 6.20 Å². The molecule has 1 aromatic carbocycles. The summed E-state index contributed by atoms with van der Waals surface area (Å²) in [7, 11) is 0. The molecule has 20 heavy (non-hydrogen) atoms. The van der Waals surface area contributed by atoms with Crippen molar-refractivity contribution in [3.63, 3.8) is 0 Å². The SMILES string of the molecule is c1ncc2nc(SCc3ccc4cn[nH]c4c3)sc2n1. The fourth-order valence-electron chi connectivity index (χ4n) is 1.95. The second kappa shape index (κ2) is 4.84. The number of nitrogens with one attached hydrogen (secondary N) is 1. The molecule has 0 bridgehead atoms. The molecule has 0 spiro atoms. The van der Waals surface area contributed by atoms with Crippen molar-refractivity contribution >= 4 is 44.3 Å². The Morgan fingerprint density at radius 1 is 1.25 bits per heavy atom. The third-order valence-electron chi connectivity index (χ3n) is 2.92. The van der Waals surface area contributed by atoms with Crippen molar-refractivity contribution in [2.45, 2.75) is 10.1 Å². The van der Waals surface area contributed by atoms with Crippen LogP contribution in [0, 0.1) is 0 Å². The number of thiazole rings is 1. The second-order valence-electron chi connectivity index (χ2n) is 4.27. The van der Waals surface area contributed by atoms with Crippen LogP contribution >= 0.6 is 23.1 Å². The molecule has 4 aromatic rings. The molecule has 3 heterocycles. The minimum atomic E-state index is 0.865. The zero-order valence-electron chi connectivity index (χ0n) is 10.3. The monoisotopic (exact) mass is 299 g/mol. The maximum atomic E-state index is 4.52. The Bertz CT molecular complexity index is 847. The van der Waals surface area contributed by atoms with E-state index in [4.69, 9.17) is 0 Å². The van der Waals surface area contributed by atoms with E-state index in [0.29, 0.717) is 0 Å². The van der Waals surface area contributed by atoms with Gasteiger partial charge in [-0.3, -0.25) is 5.10 Å². The van der Waals surface area contributed by atoms with Crippen LogP contribution in [0.4, 0.5) is 0 Å². The normalized spacial score (nSPS) is 11.4. The highest BCUT2D eigenvalue weighted by Crippen LogP contribution is 2.30. The van der Waals surface area contributed by atoms with E-state index < -0.39 is 0 Å². The number of aromatic amines is 1. The van der Waals surface area contributed by atoms with Crippen LogP contribution in [0.25, 0.3) is 21.3 Å². The van der Waals surface area contributed by atoms with Crippen LogP contribution in [-0.2, 0) is 5.75 Å². The minimum absolute atomic E-state index is 0.865. The number of H-pyrrole nitrogens is 1. The first-order chi connectivity index (χ1) is 9.88. The number of thioether (sulfide) groups is 1. The van der Waals surface area contributed by atoms with Gasteiger partial charge in [0.1, 0.15) is 16.7 Å². The van der Waals surface area contributed by atoms with Crippen LogP contribution in [0.2, 0.25) is 0 Å². The minimum Gasteiger partial charge on any atom is -0.278 e. The molecule has 4 rings (SSSR count). The highest BCUT2D eigenvalue weighted by Gasteiger charge is 2.06. The van der Waals surface area contributed by atoms with Gasteiger partial charge in [0.2, 0.25) is 0 Å². The summed E-state index contributed by atoms with van der Waals surface area (Å²) in [6.07, 6.45) is 5.14. The van der Waals surface area contributed by atoms with E-state index in [-0.39, 0.29) is 0 Å². The third kappa shape index (κ3) is 2.14. The number of rotatable bonds is 3. The summed E-state index contributed by atoms with van der Waals surface area (Å²) in [5, 5.41) is 8.15. The average Bonchev–Trinajstić information content (AvgIpc) is 3.10. The summed E-state index contributed by atoms with van der Waals surface area (Å²) >= 11 is 3.32. The van der Waals surface area contributed by atoms with Gasteiger partial charge >= 0.3 is 0 Å². The Morgan fingerprint density at radius 3 is 3.20 bits per heavy atom. The highest BCUT2D eigenvalue weighted by molar-refractivity contribution is 8.00. The molecule has 0 saturated carbocycles. The topological polar surface area (TPSA) is 67.3 Å². The lowest BCUT2D eigenvalue weighted by atomic mass is 10.2. The number of benzene rings is 1. The maximum absolute atomic E-state index is 4.52. The van der Waals surface area contributed by atoms with Gasteiger partial charge in [-0.2, -0.15) is 5.10 Å². The molecule has 1 N–H and O–H groups in total. The zero-order chi connectivity index (χ0) is 13.4. The number of hydrogen-bond donors (Lipinski definition) is 1. The van der Waals surface area contributed by atoms with Gasteiger partial charge in [-0.25, -0.2) is 15.0 Å². The van der Waals surface area contributed by atoms with Crippen molar-refractivity contribution in [3.05, 3.63) is 42.5 Å². The molecule has 7 heteroatoms. The number of aromatic nitrogens is 5. The van der Waals surface area contributed by atoms with Gasteiger partial charge in [0.15, 0.2) is 4.34 Å². The van der Waals surface area contributed by atoms with Crippen LogP contribution in [0.1, 0.15) is 5.56 Å². The van der Waals surface area contributed by atoms with Gasteiger partial charge in [-0.05, 0) is 11.6 Å². The molecule has 0 unspecified atom stereocenters. The summed E-state index contributed by atoms with van der Waals surface area (Å²) in [5.41, 5.74) is 3.18. The Hall–Kier alpha value is -1.99. The van der Waals surface area contributed by atoms with Gasteiger partial charge in [0, 0.05) is 11.1 Å². The Labute approximate surface area is 122 Å². The fourth-order valence-corrected chi connectivity index (χ4v) is 3.85. The Kier molecular flexibility index (Phi) is 2.86. The first kappa shape index (κ1) is 11.8. The van der Waals surface area contributed by atoms with Crippen molar-refractivity contribution in [1.29, 1.82) is 0 Å². The molecule has 0 fully saturated rings. The van der Waals surface area contributed by atoms with Gasteiger partial charge < -0.3 is 0 Å². The molecule has 0 aliphatic rings. The molecule has 0 aliphatic heterocycles. The largest absolute Gasteiger partial charge is 0.278 e. The van der Waals surface area contributed by atoms with Crippen LogP contribution in [0.5, 0.6) is 0 Å². The van der Waals surface area contributed by atoms with E-state index in [1.54, 1.807) is 35.6 Å². The molecule has 98 valence electrons. The molecule has 0 radical (unpaired) electrons. The van der Waals surface area contributed by atoms with Gasteiger partial charge in [0.25, 0.3) is 0 Å². The zero-order valence-corrected chi connectivity index (χ0v) is 11.9. The van der Waals surface area contributed by atoms with Gasteiger partial charge in [0.05, 0.1) is 17.9 Å². The van der Waals surface area contributed by atoms with E-state index in [0.717, 1.165) is 31.3 Å². The molecule has 0 amide bonds. The lowest BCUT2D eigenvalue weighted by molar-refractivity contribution is 1.12. The maximum Gasteiger partial charge on any atom is 0.153 e. The van der Waals surface area contributed by atoms with Crippen molar-refractivity contribution in [2.75, 3.05) is 0 Å². The quantitative estimate of drug-likeness (QED) is 0.588. The van der Waals surface area contributed by atoms with E-state index >= 15 is 0 Å². The molecule has 5 nitrogen and oxygen atoms in total. The van der Waals surface area contributed by atoms with Crippen molar-refractivity contribution in [1.82, 2.24) is 25.1 Å². The second-order valence-corrected chi connectivity index (χ2v) is 6.47. The van der Waals surface area contributed by atoms with Crippen LogP contribution in [0.3, 0.4) is 0 Å². The molecule has 0 saturated heterocycles. The summed E-state index contributed by atoms with van der Waals surface area (Å²) < 4.78 is 1.02. The standard InChI is InChI=1S/C13H9N5S2/c1-2-9-4-16-18-10(9)3-8(1)6-19-13-17-11-5-14-7-15-12(11)20-13/h1-5,7H,6H2,(H,16,18). The van der Waals surface area contributed by atoms with Gasteiger partial charge in [-0.1, -0.05) is 35.2 Å². The lowest BCUT2D eigenvalue weighted by Crippen LogP contribution is -1.80. The smallest absolute Gasteiger partial charge is 0.153 e. The van der Waals surface area contributed by atoms with Crippen molar-refractivity contribution in [3.8, 4) is 0 Å². The van der Waals surface area contributed by atoms with E-state index in [9.17, 15) is 0 Å².